The van der Waals surface area contributed by atoms with E-state index in [4.69, 9.17) is 0 Å². The molecule has 0 aliphatic rings. The summed E-state index contributed by atoms with van der Waals surface area (Å²) in [5.74, 6) is 0. The highest BCUT2D eigenvalue weighted by Gasteiger charge is 2.38. The largest absolute Gasteiger partial charge is 0.389 e. The van der Waals surface area contributed by atoms with Gasteiger partial charge in [-0.3, -0.25) is 10.3 Å². The molecule has 2 unspecified atom stereocenters. The molecule has 0 aliphatic carbocycles. The summed E-state index contributed by atoms with van der Waals surface area (Å²) in [7, 11) is 1.86. The average molecular weight is 281 g/mol. The number of fused-ring (bicyclic) bond motifs is 1. The maximum atomic E-state index is 10.5. The number of likely N-dealkylation sites (N-methyl/N-ethyl adjacent to an activating group) is 1. The molecule has 4 heteroatoms. The predicted molar refractivity (Wildman–Crippen MR) is 84.0 cm³/mol. The Hall–Kier alpha value is -2.17. The third kappa shape index (κ3) is 2.04. The highest BCUT2D eigenvalue weighted by atomic mass is 16.3. The van der Waals surface area contributed by atoms with Gasteiger partial charge in [-0.2, -0.15) is 0 Å². The van der Waals surface area contributed by atoms with Crippen molar-refractivity contribution in [2.75, 3.05) is 7.05 Å². The van der Waals surface area contributed by atoms with E-state index in [1.54, 1.807) is 13.1 Å². The third-order valence-corrected chi connectivity index (χ3v) is 4.08. The van der Waals surface area contributed by atoms with Crippen molar-refractivity contribution in [3.63, 3.8) is 0 Å². The topological polar surface area (TPSA) is 50.1 Å². The first-order valence-electron chi connectivity index (χ1n) is 7.04. The van der Waals surface area contributed by atoms with Crippen LogP contribution >= 0.6 is 0 Å². The zero-order chi connectivity index (χ0) is 14.9. The summed E-state index contributed by atoms with van der Waals surface area (Å²) in [6.45, 7) is 1.80. The van der Waals surface area contributed by atoms with Gasteiger partial charge in [-0.05, 0) is 31.7 Å². The van der Waals surface area contributed by atoms with Crippen LogP contribution in [0.1, 0.15) is 12.5 Å². The summed E-state index contributed by atoms with van der Waals surface area (Å²) < 4.78 is 2.05. The van der Waals surface area contributed by atoms with Gasteiger partial charge >= 0.3 is 0 Å². The highest BCUT2D eigenvalue weighted by Crippen LogP contribution is 2.31. The molecule has 0 saturated carbocycles. The Morgan fingerprint density at radius 3 is 2.62 bits per heavy atom. The number of nitrogens with zero attached hydrogens (tertiary/aromatic N) is 2. The molecule has 0 fully saturated rings. The molecule has 2 aromatic heterocycles. The average Bonchev–Trinajstić information content (AvgIpc) is 2.94. The van der Waals surface area contributed by atoms with E-state index in [-0.39, 0.29) is 0 Å². The van der Waals surface area contributed by atoms with Crippen molar-refractivity contribution in [1.82, 2.24) is 14.9 Å². The molecular weight excluding hydrogens is 262 g/mol. The number of aliphatic hydroxyl groups excluding tert-OH is 1. The predicted octanol–water partition coefficient (Wildman–Crippen LogP) is 2.34. The number of pyridine rings is 1. The first-order chi connectivity index (χ1) is 10.2. The van der Waals surface area contributed by atoms with Crippen LogP contribution in [0.25, 0.3) is 10.9 Å². The molecule has 108 valence electrons. The Kier molecular flexibility index (Phi) is 3.49. The number of nitrogens with one attached hydrogen (secondary N) is 1. The molecule has 3 aromatic rings. The smallest absolute Gasteiger partial charge is 0.147 e. The van der Waals surface area contributed by atoms with Crippen molar-refractivity contribution < 1.29 is 5.11 Å². The molecule has 0 saturated heterocycles. The molecule has 2 N–H and O–H groups in total. The van der Waals surface area contributed by atoms with E-state index in [0.717, 1.165) is 16.5 Å². The number of benzene rings is 1. The first-order valence-corrected chi connectivity index (χ1v) is 7.04. The van der Waals surface area contributed by atoms with Crippen LogP contribution in [0.5, 0.6) is 0 Å². The minimum atomic E-state index is -0.730. The molecule has 0 bridgehead atoms. The summed E-state index contributed by atoms with van der Waals surface area (Å²) in [5.41, 5.74) is 1.26. The van der Waals surface area contributed by atoms with Crippen molar-refractivity contribution in [1.29, 1.82) is 0 Å². The van der Waals surface area contributed by atoms with Crippen molar-refractivity contribution >= 4 is 10.9 Å². The molecule has 4 nitrogen and oxygen atoms in total. The lowest BCUT2D eigenvalue weighted by atomic mass is 9.93. The lowest BCUT2D eigenvalue weighted by Gasteiger charge is -2.39. The van der Waals surface area contributed by atoms with Gasteiger partial charge in [0.2, 0.25) is 0 Å². The van der Waals surface area contributed by atoms with Crippen LogP contribution in [-0.4, -0.2) is 27.8 Å². The van der Waals surface area contributed by atoms with Gasteiger partial charge in [-0.15, -0.1) is 0 Å². The molecule has 0 radical (unpaired) electrons. The third-order valence-electron chi connectivity index (χ3n) is 4.08. The normalized spacial score (nSPS) is 15.8. The zero-order valence-corrected chi connectivity index (χ0v) is 12.2. The summed E-state index contributed by atoms with van der Waals surface area (Å²) in [5, 5.41) is 15.0. The van der Waals surface area contributed by atoms with Crippen LogP contribution in [-0.2, 0) is 5.66 Å². The fourth-order valence-corrected chi connectivity index (χ4v) is 3.03. The Balaban J connectivity index is 2.30. The Morgan fingerprint density at radius 1 is 1.19 bits per heavy atom. The second-order valence-electron chi connectivity index (χ2n) is 5.18. The van der Waals surface area contributed by atoms with Crippen LogP contribution in [0.2, 0.25) is 0 Å². The van der Waals surface area contributed by atoms with Gasteiger partial charge in [0.1, 0.15) is 5.66 Å². The molecule has 21 heavy (non-hydrogen) atoms. The Labute approximate surface area is 124 Å². The van der Waals surface area contributed by atoms with E-state index in [1.807, 2.05) is 61.9 Å². The van der Waals surface area contributed by atoms with Crippen LogP contribution in [0, 0.1) is 0 Å². The van der Waals surface area contributed by atoms with Gasteiger partial charge in [-0.1, -0.05) is 30.3 Å². The maximum Gasteiger partial charge on any atom is 0.147 e. The number of aromatic nitrogens is 2. The molecule has 2 atom stereocenters. The lowest BCUT2D eigenvalue weighted by molar-refractivity contribution is 0.0593. The van der Waals surface area contributed by atoms with Gasteiger partial charge in [0.25, 0.3) is 0 Å². The Bertz CT molecular complexity index is 736. The summed E-state index contributed by atoms with van der Waals surface area (Å²) in [6.07, 6.45) is 4.97. The molecule has 3 rings (SSSR count). The highest BCUT2D eigenvalue weighted by molar-refractivity contribution is 5.79. The van der Waals surface area contributed by atoms with Crippen molar-refractivity contribution in [3.8, 4) is 0 Å². The first kappa shape index (κ1) is 13.8. The fraction of sp³-hybridized carbons (Fsp3) is 0.235. The van der Waals surface area contributed by atoms with E-state index < -0.39 is 11.8 Å². The molecule has 0 aliphatic heterocycles. The van der Waals surface area contributed by atoms with Gasteiger partial charge in [0.05, 0.1) is 17.8 Å². The van der Waals surface area contributed by atoms with Crippen LogP contribution in [0.4, 0.5) is 0 Å². The van der Waals surface area contributed by atoms with Crippen molar-refractivity contribution in [3.05, 3.63) is 66.6 Å². The van der Waals surface area contributed by atoms with Gasteiger partial charge in [0.15, 0.2) is 0 Å². The van der Waals surface area contributed by atoms with E-state index in [2.05, 4.69) is 14.9 Å². The van der Waals surface area contributed by atoms with Crippen LogP contribution in [0.15, 0.2) is 61.1 Å². The molecule has 2 heterocycles. The van der Waals surface area contributed by atoms with E-state index in [0.29, 0.717) is 0 Å². The zero-order valence-electron chi connectivity index (χ0n) is 12.2. The SMILES string of the molecule is CNC(c1ccccc1)(C(C)O)n1ccc2ccncc21. The maximum absolute atomic E-state index is 10.5. The van der Waals surface area contributed by atoms with Crippen molar-refractivity contribution in [2.45, 2.75) is 18.7 Å². The lowest BCUT2D eigenvalue weighted by Crippen LogP contribution is -2.54. The van der Waals surface area contributed by atoms with Crippen LogP contribution in [0.3, 0.4) is 0 Å². The molecule has 0 spiro atoms. The van der Waals surface area contributed by atoms with Gasteiger partial charge in [-0.25, -0.2) is 0 Å². The number of aliphatic hydroxyl groups is 1. The quantitative estimate of drug-likeness (QED) is 0.771. The van der Waals surface area contributed by atoms with Gasteiger partial charge in [0, 0.05) is 17.8 Å². The summed E-state index contributed by atoms with van der Waals surface area (Å²) in [6, 6.07) is 14.0. The minimum Gasteiger partial charge on any atom is -0.389 e. The standard InChI is InChI=1S/C17H19N3O/c1-13(21)17(18-2,15-6-4-3-5-7-15)20-11-9-14-8-10-19-12-16(14)20/h3-13,18,21H,1-2H3. The molecule has 1 aromatic carbocycles. The van der Waals surface area contributed by atoms with Crippen LogP contribution < -0.4 is 5.32 Å². The summed E-state index contributed by atoms with van der Waals surface area (Å²) in [4.78, 5) is 4.22. The minimum absolute atomic E-state index is 0.624. The van der Waals surface area contributed by atoms with E-state index >= 15 is 0 Å². The number of rotatable bonds is 4. The monoisotopic (exact) mass is 281 g/mol. The molecular formula is C17H19N3O. The van der Waals surface area contributed by atoms with E-state index in [1.165, 1.54) is 0 Å². The van der Waals surface area contributed by atoms with Gasteiger partial charge < -0.3 is 9.67 Å². The van der Waals surface area contributed by atoms with Crippen molar-refractivity contribution in [2.24, 2.45) is 0 Å². The summed E-state index contributed by atoms with van der Waals surface area (Å²) >= 11 is 0. The number of hydrogen-bond donors (Lipinski definition) is 2. The fourth-order valence-electron chi connectivity index (χ4n) is 3.03. The molecule has 0 amide bonds. The Morgan fingerprint density at radius 2 is 1.95 bits per heavy atom. The second kappa shape index (κ2) is 5.31. The second-order valence-corrected chi connectivity index (χ2v) is 5.18. The van der Waals surface area contributed by atoms with E-state index in [9.17, 15) is 5.11 Å². The number of hydrogen-bond acceptors (Lipinski definition) is 3.